The van der Waals surface area contributed by atoms with Crippen molar-refractivity contribution in [1.82, 2.24) is 5.32 Å². The van der Waals surface area contributed by atoms with Crippen LogP contribution in [0.25, 0.3) is 11.1 Å². The lowest BCUT2D eigenvalue weighted by Crippen LogP contribution is -2.29. The summed E-state index contributed by atoms with van der Waals surface area (Å²) in [4.78, 5) is 22.8. The number of ether oxygens (including phenoxy) is 1. The number of anilines is 1. The number of carboxylic acids is 1. The Morgan fingerprint density at radius 2 is 1.59 bits per heavy atom. The van der Waals surface area contributed by atoms with Crippen LogP contribution in [0, 0.1) is 5.92 Å². The summed E-state index contributed by atoms with van der Waals surface area (Å²) in [5.74, 6) is -0.981. The van der Waals surface area contributed by atoms with Gasteiger partial charge in [0.2, 0.25) is 0 Å². The Morgan fingerprint density at radius 3 is 2.21 bits per heavy atom. The summed E-state index contributed by atoms with van der Waals surface area (Å²) in [6, 6.07) is 19.3. The molecule has 3 aromatic carbocycles. The van der Waals surface area contributed by atoms with E-state index >= 15 is 0 Å². The van der Waals surface area contributed by atoms with Crippen LogP contribution in [0.4, 0.5) is 18.9 Å². The van der Waals surface area contributed by atoms with Gasteiger partial charge in [-0.3, -0.25) is 9.59 Å². The van der Waals surface area contributed by atoms with Crippen molar-refractivity contribution in [2.75, 3.05) is 25.1 Å². The molecule has 0 fully saturated rings. The molecule has 0 heterocycles. The Balaban J connectivity index is 1.70. The molecule has 3 rings (SSSR count). The molecule has 3 N–H and O–H groups in total. The highest BCUT2D eigenvalue weighted by Gasteiger charge is 2.33. The van der Waals surface area contributed by atoms with Gasteiger partial charge in [-0.05, 0) is 59.4 Å². The molecule has 1 atom stereocenters. The molecule has 9 heteroatoms. The summed E-state index contributed by atoms with van der Waals surface area (Å²) >= 11 is 0. The highest BCUT2D eigenvalue weighted by molar-refractivity contribution is 5.94. The number of alkyl halides is 3. The molecule has 3 aromatic rings. The van der Waals surface area contributed by atoms with Gasteiger partial charge >= 0.3 is 12.1 Å². The summed E-state index contributed by atoms with van der Waals surface area (Å²) in [7, 11) is 0. The number of hydrogen-bond donors (Lipinski definition) is 3. The first-order valence-electron chi connectivity index (χ1n) is 12.7. The van der Waals surface area contributed by atoms with Crippen molar-refractivity contribution in [3.05, 3.63) is 89.5 Å². The second kappa shape index (κ2) is 13.8. The maximum atomic E-state index is 13.5. The van der Waals surface area contributed by atoms with E-state index in [4.69, 9.17) is 9.84 Å². The summed E-state index contributed by atoms with van der Waals surface area (Å²) in [6.45, 7) is 5.15. The van der Waals surface area contributed by atoms with Crippen LogP contribution >= 0.6 is 0 Å². The summed E-state index contributed by atoms with van der Waals surface area (Å²) in [6.07, 6.45) is -4.03. The van der Waals surface area contributed by atoms with Gasteiger partial charge in [0.25, 0.3) is 5.91 Å². The number of nitrogens with one attached hydrogen (secondary N) is 2. The lowest BCUT2D eigenvalue weighted by atomic mass is 9.97. The van der Waals surface area contributed by atoms with Crippen LogP contribution in [-0.4, -0.2) is 42.8 Å². The zero-order chi connectivity index (χ0) is 28.4. The zero-order valence-electron chi connectivity index (χ0n) is 21.9. The third-order valence-corrected chi connectivity index (χ3v) is 5.89. The van der Waals surface area contributed by atoms with E-state index in [0.717, 1.165) is 17.3 Å². The van der Waals surface area contributed by atoms with Crippen LogP contribution in [0.1, 0.15) is 41.8 Å². The topological polar surface area (TPSA) is 87.7 Å². The smallest absolute Gasteiger partial charge is 0.417 e. The van der Waals surface area contributed by atoms with E-state index in [1.807, 2.05) is 12.1 Å². The quantitative estimate of drug-likeness (QED) is 0.237. The number of rotatable bonds is 13. The number of hydrogen-bond acceptors (Lipinski definition) is 4. The fraction of sp³-hybridized carbons (Fsp3) is 0.333. The minimum Gasteiger partial charge on any atom is -0.481 e. The molecule has 0 spiro atoms. The van der Waals surface area contributed by atoms with Gasteiger partial charge in [0, 0.05) is 24.4 Å². The molecule has 39 heavy (non-hydrogen) atoms. The van der Waals surface area contributed by atoms with Gasteiger partial charge in [0.1, 0.15) is 0 Å². The summed E-state index contributed by atoms with van der Waals surface area (Å²) in [5.41, 5.74) is 2.07. The van der Waals surface area contributed by atoms with Crippen molar-refractivity contribution < 1.29 is 32.6 Å². The molecule has 0 bridgehead atoms. The number of halogens is 3. The number of benzene rings is 3. The van der Waals surface area contributed by atoms with Crippen molar-refractivity contribution in [3.8, 4) is 11.1 Å². The van der Waals surface area contributed by atoms with Crippen LogP contribution in [0.15, 0.2) is 72.8 Å². The van der Waals surface area contributed by atoms with E-state index in [2.05, 4.69) is 24.5 Å². The highest BCUT2D eigenvalue weighted by atomic mass is 19.4. The van der Waals surface area contributed by atoms with Gasteiger partial charge in [0.05, 0.1) is 24.6 Å². The largest absolute Gasteiger partial charge is 0.481 e. The summed E-state index contributed by atoms with van der Waals surface area (Å²) in [5, 5.41) is 14.7. The molecule has 0 aromatic heterocycles. The molecule has 1 unspecified atom stereocenters. The lowest BCUT2D eigenvalue weighted by Gasteiger charge is -2.21. The molecule has 0 aliphatic heterocycles. The van der Waals surface area contributed by atoms with Crippen LogP contribution in [0.5, 0.6) is 0 Å². The SMILES string of the molecule is CC(C)COCC(Cc1ccc(-c2ccccc2C(F)(F)F)cc1)Nc1ccc(C(=O)NCCC(=O)O)cc1. The first kappa shape index (κ1) is 29.7. The van der Waals surface area contributed by atoms with E-state index in [1.165, 1.54) is 12.1 Å². The average Bonchev–Trinajstić information content (AvgIpc) is 2.88. The van der Waals surface area contributed by atoms with E-state index in [9.17, 15) is 22.8 Å². The van der Waals surface area contributed by atoms with Gasteiger partial charge in [-0.2, -0.15) is 13.2 Å². The Kier molecular flexibility index (Phi) is 10.5. The Labute approximate surface area is 226 Å². The minimum absolute atomic E-state index is 0.0456. The monoisotopic (exact) mass is 542 g/mol. The van der Waals surface area contributed by atoms with Gasteiger partial charge < -0.3 is 20.5 Å². The molecular formula is C30H33F3N2O4. The first-order chi connectivity index (χ1) is 18.5. The van der Waals surface area contributed by atoms with Crippen molar-refractivity contribution in [3.63, 3.8) is 0 Å². The lowest BCUT2D eigenvalue weighted by molar-refractivity contribution is -0.137. The van der Waals surface area contributed by atoms with Crippen LogP contribution < -0.4 is 10.6 Å². The number of carboxylic acid groups (broad SMARTS) is 1. The van der Waals surface area contributed by atoms with Gasteiger partial charge in [-0.1, -0.05) is 56.3 Å². The third kappa shape index (κ3) is 9.44. The minimum atomic E-state index is -4.44. The van der Waals surface area contributed by atoms with E-state index < -0.39 is 17.7 Å². The number of carbonyl (C=O) groups excluding carboxylic acids is 1. The third-order valence-electron chi connectivity index (χ3n) is 5.89. The van der Waals surface area contributed by atoms with Crippen LogP contribution in [0.2, 0.25) is 0 Å². The summed E-state index contributed by atoms with van der Waals surface area (Å²) < 4.78 is 46.2. The van der Waals surface area contributed by atoms with Gasteiger partial charge in [-0.15, -0.1) is 0 Å². The number of carbonyl (C=O) groups is 2. The van der Waals surface area contributed by atoms with Crippen molar-refractivity contribution in [2.45, 2.75) is 38.9 Å². The van der Waals surface area contributed by atoms with Gasteiger partial charge in [-0.25, -0.2) is 0 Å². The Bertz CT molecular complexity index is 1230. The average molecular weight is 543 g/mol. The Morgan fingerprint density at radius 1 is 0.923 bits per heavy atom. The molecule has 6 nitrogen and oxygen atoms in total. The second-order valence-corrected chi connectivity index (χ2v) is 9.69. The second-order valence-electron chi connectivity index (χ2n) is 9.69. The molecular weight excluding hydrogens is 509 g/mol. The molecule has 0 saturated carbocycles. The van der Waals surface area contributed by atoms with Crippen molar-refractivity contribution in [1.29, 1.82) is 0 Å². The van der Waals surface area contributed by atoms with Crippen molar-refractivity contribution in [2.24, 2.45) is 5.92 Å². The van der Waals surface area contributed by atoms with Crippen molar-refractivity contribution >= 4 is 17.6 Å². The Hall–Kier alpha value is -3.85. The molecule has 0 saturated heterocycles. The van der Waals surface area contributed by atoms with Gasteiger partial charge in [0.15, 0.2) is 0 Å². The predicted octanol–water partition coefficient (Wildman–Crippen LogP) is 6.27. The number of amides is 1. The standard InChI is InChI=1S/C30H33F3N2O4/c1-20(2)18-39-19-25(35-24-13-11-23(12-14-24)29(38)34-16-15-28(36)37)17-21-7-9-22(10-8-21)26-5-3-4-6-27(26)30(31,32)33/h3-14,20,25,35H,15-19H2,1-2H3,(H,34,38)(H,36,37). The first-order valence-corrected chi connectivity index (χ1v) is 12.7. The fourth-order valence-corrected chi connectivity index (χ4v) is 4.02. The molecule has 1 amide bonds. The predicted molar refractivity (Wildman–Crippen MR) is 145 cm³/mol. The number of aliphatic carboxylic acids is 1. The molecule has 0 aliphatic rings. The maximum Gasteiger partial charge on any atom is 0.417 e. The van der Waals surface area contributed by atoms with Crippen LogP contribution in [0.3, 0.4) is 0 Å². The normalized spacial score (nSPS) is 12.3. The van der Waals surface area contributed by atoms with E-state index in [1.54, 1.807) is 42.5 Å². The molecule has 208 valence electrons. The highest BCUT2D eigenvalue weighted by Crippen LogP contribution is 2.37. The van der Waals surface area contributed by atoms with Crippen LogP contribution in [-0.2, 0) is 22.1 Å². The van der Waals surface area contributed by atoms with E-state index in [-0.39, 0.29) is 30.5 Å². The fourth-order valence-electron chi connectivity index (χ4n) is 4.02. The zero-order valence-corrected chi connectivity index (χ0v) is 21.9. The maximum absolute atomic E-state index is 13.5. The molecule has 0 aliphatic carbocycles. The van der Waals surface area contributed by atoms with E-state index in [0.29, 0.717) is 36.7 Å². The molecule has 0 radical (unpaired) electrons.